The van der Waals surface area contributed by atoms with E-state index in [1.165, 1.54) is 65.3 Å². The van der Waals surface area contributed by atoms with E-state index in [0.717, 1.165) is 28.2 Å². The molecule has 1 aliphatic heterocycles. The number of rotatable bonds is 5. The first-order chi connectivity index (χ1) is 25.0. The van der Waals surface area contributed by atoms with Crippen LogP contribution in [0.25, 0.3) is 66.1 Å². The molecule has 9 aromatic rings. The van der Waals surface area contributed by atoms with Crippen LogP contribution in [0, 0.1) is 0 Å². The Morgan fingerprint density at radius 3 is 1.92 bits per heavy atom. The minimum atomic E-state index is -2.06. The molecule has 0 unspecified atom stereocenters. The number of hydrogen-bond acceptors (Lipinski definition) is 2. The Kier molecular flexibility index (Phi) is 6.67. The van der Waals surface area contributed by atoms with E-state index >= 15 is 0 Å². The maximum Gasteiger partial charge on any atom is 0.136 e. The summed E-state index contributed by atoms with van der Waals surface area (Å²) in [5.41, 5.74) is 12.9. The van der Waals surface area contributed by atoms with Crippen LogP contribution in [0.4, 0.5) is 17.1 Å². The van der Waals surface area contributed by atoms with E-state index in [4.69, 9.17) is 4.42 Å². The molecule has 0 atom stereocenters. The van der Waals surface area contributed by atoms with Gasteiger partial charge in [-0.25, -0.2) is 0 Å². The fourth-order valence-corrected chi connectivity index (χ4v) is 11.4. The van der Waals surface area contributed by atoms with Crippen molar-refractivity contribution in [2.75, 3.05) is 4.90 Å². The number of para-hydroxylation sites is 1. The molecule has 1 aliphatic rings. The van der Waals surface area contributed by atoms with E-state index in [2.05, 4.69) is 194 Å². The standard InChI is InChI=1S/C48H35NOSi/c1-51(2)45-28-27-44-47(41-22-8-9-24-43(41)50-44)48(45)42-26-25-38(31-46(42)51)49(36-19-10-17-34(29-36)32-13-4-3-5-14-32)37-20-11-18-35(30-37)40-23-12-16-33-15-6-7-21-39(33)40/h3-31H,1-2H3. The minimum Gasteiger partial charge on any atom is -0.456 e. The Labute approximate surface area is 298 Å². The Morgan fingerprint density at radius 2 is 1.08 bits per heavy atom. The minimum absolute atomic E-state index is 0.945. The Bertz CT molecular complexity index is 2790. The van der Waals surface area contributed by atoms with Crippen molar-refractivity contribution in [1.82, 2.24) is 0 Å². The molecule has 1 aromatic heterocycles. The average Bonchev–Trinajstić information content (AvgIpc) is 3.67. The van der Waals surface area contributed by atoms with E-state index in [1.807, 2.05) is 0 Å². The van der Waals surface area contributed by atoms with Crippen molar-refractivity contribution < 1.29 is 4.42 Å². The van der Waals surface area contributed by atoms with Crippen LogP contribution in [0.2, 0.25) is 13.1 Å². The molecular weight excluding hydrogens is 635 g/mol. The highest BCUT2D eigenvalue weighted by Gasteiger charge is 2.39. The first-order valence-electron chi connectivity index (χ1n) is 17.7. The number of benzene rings is 8. The predicted molar refractivity (Wildman–Crippen MR) is 219 cm³/mol. The summed E-state index contributed by atoms with van der Waals surface area (Å²) < 4.78 is 6.37. The molecule has 2 nitrogen and oxygen atoms in total. The van der Waals surface area contributed by atoms with E-state index in [-0.39, 0.29) is 0 Å². The SMILES string of the molecule is C[Si]1(C)c2cc(N(c3cccc(-c4ccccc4)c3)c3cccc(-c4cccc5ccccc45)c3)ccc2-c2c1ccc1oc3ccccc3c21. The van der Waals surface area contributed by atoms with Crippen molar-refractivity contribution in [2.24, 2.45) is 0 Å². The van der Waals surface area contributed by atoms with Gasteiger partial charge in [-0.05, 0) is 103 Å². The van der Waals surface area contributed by atoms with E-state index in [0.29, 0.717) is 0 Å². The topological polar surface area (TPSA) is 16.4 Å². The third-order valence-corrected chi connectivity index (χ3v) is 14.4. The molecule has 51 heavy (non-hydrogen) atoms. The van der Waals surface area contributed by atoms with Crippen LogP contribution in [-0.2, 0) is 0 Å². The molecule has 0 amide bonds. The molecule has 0 fully saturated rings. The summed E-state index contributed by atoms with van der Waals surface area (Å²) >= 11 is 0. The molecular formula is C48H35NOSi. The molecule has 10 rings (SSSR count). The lowest BCUT2D eigenvalue weighted by Crippen LogP contribution is -2.49. The van der Waals surface area contributed by atoms with Gasteiger partial charge in [0.2, 0.25) is 0 Å². The van der Waals surface area contributed by atoms with E-state index < -0.39 is 8.07 Å². The third-order valence-electron chi connectivity index (χ3n) is 10.8. The summed E-state index contributed by atoms with van der Waals surface area (Å²) in [5, 5.41) is 7.88. The average molecular weight is 670 g/mol. The zero-order chi connectivity index (χ0) is 34.1. The van der Waals surface area contributed by atoms with Gasteiger partial charge in [-0.15, -0.1) is 0 Å². The van der Waals surface area contributed by atoms with Crippen LogP contribution in [0.1, 0.15) is 0 Å². The first-order valence-corrected chi connectivity index (χ1v) is 20.7. The van der Waals surface area contributed by atoms with Gasteiger partial charge in [0.15, 0.2) is 0 Å². The van der Waals surface area contributed by atoms with Gasteiger partial charge >= 0.3 is 0 Å². The number of hydrogen-bond donors (Lipinski definition) is 0. The summed E-state index contributed by atoms with van der Waals surface area (Å²) in [7, 11) is -2.06. The normalized spacial score (nSPS) is 13.1. The van der Waals surface area contributed by atoms with Gasteiger partial charge in [-0.2, -0.15) is 0 Å². The van der Waals surface area contributed by atoms with Crippen molar-refractivity contribution >= 4 is 68.2 Å². The Balaban J connectivity index is 1.18. The highest BCUT2D eigenvalue weighted by Crippen LogP contribution is 2.43. The quantitative estimate of drug-likeness (QED) is 0.170. The summed E-state index contributed by atoms with van der Waals surface area (Å²) in [6.45, 7) is 4.99. The maximum absolute atomic E-state index is 6.37. The molecule has 0 bridgehead atoms. The van der Waals surface area contributed by atoms with Crippen LogP contribution in [0.15, 0.2) is 180 Å². The van der Waals surface area contributed by atoms with Gasteiger partial charge in [-0.1, -0.05) is 140 Å². The van der Waals surface area contributed by atoms with Crippen LogP contribution in [0.3, 0.4) is 0 Å². The van der Waals surface area contributed by atoms with Gasteiger partial charge in [0.25, 0.3) is 0 Å². The fourth-order valence-electron chi connectivity index (χ4n) is 8.36. The maximum atomic E-state index is 6.37. The molecule has 3 heteroatoms. The zero-order valence-electron chi connectivity index (χ0n) is 28.6. The number of furan rings is 1. The van der Waals surface area contributed by atoms with Crippen LogP contribution in [0.5, 0.6) is 0 Å². The van der Waals surface area contributed by atoms with Gasteiger partial charge in [0.1, 0.15) is 19.2 Å². The highest BCUT2D eigenvalue weighted by atomic mass is 28.3. The third kappa shape index (κ3) is 4.70. The fraction of sp³-hybridized carbons (Fsp3) is 0.0417. The van der Waals surface area contributed by atoms with Gasteiger partial charge in [-0.3, -0.25) is 0 Å². The summed E-state index contributed by atoms with van der Waals surface area (Å²) in [6, 6.07) is 64.1. The van der Waals surface area contributed by atoms with Crippen molar-refractivity contribution in [2.45, 2.75) is 13.1 Å². The zero-order valence-corrected chi connectivity index (χ0v) is 29.6. The lowest BCUT2D eigenvalue weighted by molar-refractivity contribution is 0.669. The summed E-state index contributed by atoms with van der Waals surface area (Å²) in [4.78, 5) is 2.44. The second-order valence-electron chi connectivity index (χ2n) is 14.1. The van der Waals surface area contributed by atoms with Crippen LogP contribution in [-0.4, -0.2) is 8.07 Å². The number of anilines is 3. The second kappa shape index (κ2) is 11.4. The van der Waals surface area contributed by atoms with Crippen molar-refractivity contribution in [3.8, 4) is 33.4 Å². The number of nitrogens with zero attached hydrogens (tertiary/aromatic N) is 1. The van der Waals surface area contributed by atoms with Crippen molar-refractivity contribution in [1.29, 1.82) is 0 Å². The summed E-state index contributed by atoms with van der Waals surface area (Å²) in [5.74, 6) is 0. The molecule has 0 radical (unpaired) electrons. The monoisotopic (exact) mass is 669 g/mol. The number of fused-ring (bicyclic) bond motifs is 8. The molecule has 0 saturated carbocycles. The van der Waals surface area contributed by atoms with Crippen molar-refractivity contribution in [3.63, 3.8) is 0 Å². The molecule has 0 saturated heterocycles. The van der Waals surface area contributed by atoms with Gasteiger partial charge in [0.05, 0.1) is 0 Å². The first kappa shape index (κ1) is 29.7. The Morgan fingerprint density at radius 1 is 0.431 bits per heavy atom. The molecule has 8 aromatic carbocycles. The van der Waals surface area contributed by atoms with Crippen LogP contribution >= 0.6 is 0 Å². The Hall–Kier alpha value is -6.16. The summed E-state index contributed by atoms with van der Waals surface area (Å²) in [6.07, 6.45) is 0. The predicted octanol–water partition coefficient (Wildman–Crippen LogP) is 12.3. The van der Waals surface area contributed by atoms with E-state index in [9.17, 15) is 0 Å². The smallest absolute Gasteiger partial charge is 0.136 e. The van der Waals surface area contributed by atoms with Gasteiger partial charge < -0.3 is 9.32 Å². The van der Waals surface area contributed by atoms with Crippen molar-refractivity contribution in [3.05, 3.63) is 176 Å². The molecule has 0 spiro atoms. The van der Waals surface area contributed by atoms with Crippen LogP contribution < -0.4 is 15.3 Å². The largest absolute Gasteiger partial charge is 0.456 e. The molecule has 0 aliphatic carbocycles. The molecule has 2 heterocycles. The van der Waals surface area contributed by atoms with E-state index in [1.54, 1.807) is 0 Å². The molecule has 242 valence electrons. The van der Waals surface area contributed by atoms with Gasteiger partial charge in [0, 0.05) is 27.8 Å². The molecule has 0 N–H and O–H groups in total. The lowest BCUT2D eigenvalue weighted by atomic mass is 9.97. The second-order valence-corrected chi connectivity index (χ2v) is 18.5. The lowest BCUT2D eigenvalue weighted by Gasteiger charge is -2.28. The highest BCUT2D eigenvalue weighted by molar-refractivity contribution is 7.04.